The molecule has 0 amide bonds. The Bertz CT molecular complexity index is 567. The Hall–Kier alpha value is -1.79. The molecule has 2 rings (SSSR count). The quantitative estimate of drug-likeness (QED) is 0.419. The molecule has 1 saturated heterocycles. The predicted octanol–water partition coefficient (Wildman–Crippen LogP) is 1.63. The molecule has 26 heavy (non-hydrogen) atoms. The molecule has 0 spiro atoms. The number of hydrogen-bond acceptors (Lipinski definition) is 4. The van der Waals surface area contributed by atoms with Crippen molar-refractivity contribution in [2.45, 2.75) is 20.3 Å². The van der Waals surface area contributed by atoms with E-state index in [0.717, 1.165) is 64.8 Å². The minimum absolute atomic E-state index is 0.773. The smallest absolute Gasteiger partial charge is 0.191 e. The molecule has 1 aromatic rings. The number of anilines is 1. The average Bonchev–Trinajstić information content (AvgIpc) is 2.66. The lowest BCUT2D eigenvalue weighted by Gasteiger charge is -2.37. The summed E-state index contributed by atoms with van der Waals surface area (Å²) in [5.74, 6) is 0.870. The summed E-state index contributed by atoms with van der Waals surface area (Å²) in [6, 6.07) is 6.61. The molecular formula is C20H35N5O. The Morgan fingerprint density at radius 3 is 2.54 bits per heavy atom. The Balaban J connectivity index is 1.68. The highest BCUT2D eigenvalue weighted by Crippen LogP contribution is 2.23. The molecule has 1 aromatic carbocycles. The maximum Gasteiger partial charge on any atom is 0.191 e. The molecule has 1 fully saturated rings. The molecule has 0 unspecified atom stereocenters. The van der Waals surface area contributed by atoms with Gasteiger partial charge >= 0.3 is 0 Å². The van der Waals surface area contributed by atoms with Crippen LogP contribution in [0.25, 0.3) is 0 Å². The summed E-state index contributed by atoms with van der Waals surface area (Å²) in [5.41, 5.74) is 4.17. The first-order valence-electron chi connectivity index (χ1n) is 9.62. The minimum atomic E-state index is 0.773. The van der Waals surface area contributed by atoms with Crippen LogP contribution in [0.3, 0.4) is 0 Å². The van der Waals surface area contributed by atoms with Crippen LogP contribution >= 0.6 is 0 Å². The van der Waals surface area contributed by atoms with E-state index in [1.165, 1.54) is 16.8 Å². The van der Waals surface area contributed by atoms with E-state index in [-0.39, 0.29) is 0 Å². The van der Waals surface area contributed by atoms with Crippen LogP contribution in [0.1, 0.15) is 17.5 Å². The van der Waals surface area contributed by atoms with E-state index in [4.69, 9.17) is 4.74 Å². The van der Waals surface area contributed by atoms with Crippen LogP contribution in [0.5, 0.6) is 0 Å². The summed E-state index contributed by atoms with van der Waals surface area (Å²) >= 11 is 0. The van der Waals surface area contributed by atoms with Crippen molar-refractivity contribution >= 4 is 11.6 Å². The van der Waals surface area contributed by atoms with Crippen molar-refractivity contribution < 1.29 is 4.74 Å². The van der Waals surface area contributed by atoms with Crippen molar-refractivity contribution in [3.63, 3.8) is 0 Å². The Kier molecular flexibility index (Phi) is 8.71. The van der Waals surface area contributed by atoms with Gasteiger partial charge in [-0.2, -0.15) is 0 Å². The highest BCUT2D eigenvalue weighted by atomic mass is 16.5. The van der Waals surface area contributed by atoms with E-state index < -0.39 is 0 Å². The second-order valence-electron chi connectivity index (χ2n) is 6.82. The Morgan fingerprint density at radius 1 is 1.12 bits per heavy atom. The zero-order valence-electron chi connectivity index (χ0n) is 16.8. The number of benzene rings is 1. The van der Waals surface area contributed by atoms with Crippen molar-refractivity contribution in [3.05, 3.63) is 29.3 Å². The minimum Gasteiger partial charge on any atom is -0.385 e. The van der Waals surface area contributed by atoms with Gasteiger partial charge in [-0.05, 0) is 37.5 Å². The summed E-state index contributed by atoms with van der Waals surface area (Å²) in [4.78, 5) is 9.30. The zero-order valence-corrected chi connectivity index (χ0v) is 16.8. The normalized spacial score (nSPS) is 16.0. The number of rotatable bonds is 8. The number of methoxy groups -OCH3 is 1. The number of ether oxygens (including phenoxy) is 1. The third kappa shape index (κ3) is 6.18. The van der Waals surface area contributed by atoms with Crippen LogP contribution < -0.4 is 15.5 Å². The van der Waals surface area contributed by atoms with E-state index in [9.17, 15) is 0 Å². The molecule has 0 aromatic heterocycles. The third-order valence-corrected chi connectivity index (χ3v) is 5.05. The van der Waals surface area contributed by atoms with Crippen molar-refractivity contribution in [3.8, 4) is 0 Å². The fraction of sp³-hybridized carbons (Fsp3) is 0.650. The van der Waals surface area contributed by atoms with Gasteiger partial charge in [0.2, 0.25) is 0 Å². The summed E-state index contributed by atoms with van der Waals surface area (Å²) in [6.45, 7) is 12.4. The number of aryl methyl sites for hydroxylation is 1. The molecule has 1 aliphatic rings. The van der Waals surface area contributed by atoms with Gasteiger partial charge < -0.3 is 20.3 Å². The van der Waals surface area contributed by atoms with Crippen LogP contribution in [-0.2, 0) is 4.74 Å². The van der Waals surface area contributed by atoms with Crippen LogP contribution in [0, 0.1) is 13.8 Å². The molecule has 1 aliphatic heterocycles. The first kappa shape index (κ1) is 20.5. The van der Waals surface area contributed by atoms with Crippen LogP contribution in [0.15, 0.2) is 23.2 Å². The van der Waals surface area contributed by atoms with E-state index in [0.29, 0.717) is 0 Å². The first-order chi connectivity index (χ1) is 12.7. The van der Waals surface area contributed by atoms with E-state index in [1.54, 1.807) is 7.11 Å². The lowest BCUT2D eigenvalue weighted by atomic mass is 10.1. The van der Waals surface area contributed by atoms with Gasteiger partial charge in [0.15, 0.2) is 5.96 Å². The van der Waals surface area contributed by atoms with Crippen molar-refractivity contribution in [2.24, 2.45) is 4.99 Å². The van der Waals surface area contributed by atoms with E-state index in [1.807, 2.05) is 7.05 Å². The molecule has 0 radical (unpaired) electrons. The standard InChI is InChI=1S/C20H35N5O/c1-17-7-5-8-19(18(17)2)25-14-12-24(13-15-25)11-10-23-20(21-3)22-9-6-16-26-4/h5,7-8H,6,9-16H2,1-4H3,(H2,21,22,23). The molecule has 6 heteroatoms. The number of nitrogens with zero attached hydrogens (tertiary/aromatic N) is 3. The second-order valence-corrected chi connectivity index (χ2v) is 6.82. The Labute approximate surface area is 158 Å². The van der Waals surface area contributed by atoms with Gasteiger partial charge in [-0.1, -0.05) is 12.1 Å². The monoisotopic (exact) mass is 361 g/mol. The van der Waals surface area contributed by atoms with Crippen molar-refractivity contribution in [2.75, 3.05) is 71.5 Å². The topological polar surface area (TPSA) is 52.1 Å². The lowest BCUT2D eigenvalue weighted by molar-refractivity contribution is 0.195. The molecule has 1 heterocycles. The fourth-order valence-corrected chi connectivity index (χ4v) is 3.27. The van der Waals surface area contributed by atoms with Gasteiger partial charge in [-0.15, -0.1) is 0 Å². The number of nitrogens with one attached hydrogen (secondary N) is 2. The van der Waals surface area contributed by atoms with Crippen LogP contribution in [0.2, 0.25) is 0 Å². The summed E-state index contributed by atoms with van der Waals surface area (Å²) in [6.07, 6.45) is 0.984. The number of guanidine groups is 1. The largest absolute Gasteiger partial charge is 0.385 e. The number of piperazine rings is 1. The SMILES string of the molecule is CN=C(NCCCOC)NCCN1CCN(c2cccc(C)c2C)CC1. The van der Waals surface area contributed by atoms with Crippen LogP contribution in [-0.4, -0.2) is 77.4 Å². The molecule has 0 aliphatic carbocycles. The maximum absolute atomic E-state index is 5.06. The first-order valence-corrected chi connectivity index (χ1v) is 9.62. The van der Waals surface area contributed by atoms with Crippen molar-refractivity contribution in [1.29, 1.82) is 0 Å². The van der Waals surface area contributed by atoms with Gasteiger partial charge in [0.1, 0.15) is 0 Å². The fourth-order valence-electron chi connectivity index (χ4n) is 3.27. The summed E-state index contributed by atoms with van der Waals surface area (Å²) in [7, 11) is 3.54. The zero-order chi connectivity index (χ0) is 18.8. The van der Waals surface area contributed by atoms with Gasteiger partial charge in [-0.25, -0.2) is 0 Å². The lowest BCUT2D eigenvalue weighted by Crippen LogP contribution is -2.49. The maximum atomic E-state index is 5.06. The molecule has 0 atom stereocenters. The van der Waals surface area contributed by atoms with Crippen LogP contribution in [0.4, 0.5) is 5.69 Å². The molecule has 2 N–H and O–H groups in total. The van der Waals surface area contributed by atoms with E-state index in [2.05, 4.69) is 57.5 Å². The third-order valence-electron chi connectivity index (χ3n) is 5.05. The Morgan fingerprint density at radius 2 is 1.85 bits per heavy atom. The summed E-state index contributed by atoms with van der Waals surface area (Å²) in [5, 5.41) is 6.71. The average molecular weight is 362 g/mol. The van der Waals surface area contributed by atoms with Gasteiger partial charge in [-0.3, -0.25) is 9.89 Å². The van der Waals surface area contributed by atoms with E-state index >= 15 is 0 Å². The molecule has 6 nitrogen and oxygen atoms in total. The highest BCUT2D eigenvalue weighted by Gasteiger charge is 2.18. The second kappa shape index (κ2) is 11.0. The molecule has 0 bridgehead atoms. The predicted molar refractivity (Wildman–Crippen MR) is 110 cm³/mol. The molecule has 0 saturated carbocycles. The summed E-state index contributed by atoms with van der Waals surface area (Å²) < 4.78 is 5.06. The highest BCUT2D eigenvalue weighted by molar-refractivity contribution is 5.79. The van der Waals surface area contributed by atoms with Gasteiger partial charge in [0.05, 0.1) is 0 Å². The van der Waals surface area contributed by atoms with Gasteiger partial charge in [0, 0.05) is 72.3 Å². The number of hydrogen-bond donors (Lipinski definition) is 2. The molecule has 146 valence electrons. The molecular weight excluding hydrogens is 326 g/mol. The van der Waals surface area contributed by atoms with Gasteiger partial charge in [0.25, 0.3) is 0 Å². The van der Waals surface area contributed by atoms with Crippen molar-refractivity contribution in [1.82, 2.24) is 15.5 Å². The number of aliphatic imine (C=N–C) groups is 1.